The van der Waals surface area contributed by atoms with Crippen LogP contribution in [0, 0.1) is 11.6 Å². The predicted octanol–water partition coefficient (Wildman–Crippen LogP) is 6.76. The summed E-state index contributed by atoms with van der Waals surface area (Å²) in [4.78, 5) is 5.44. The van der Waals surface area contributed by atoms with Gasteiger partial charge in [0.05, 0.1) is 18.4 Å². The van der Waals surface area contributed by atoms with E-state index in [4.69, 9.17) is 9.72 Å². The lowest BCUT2D eigenvalue weighted by molar-refractivity contribution is 0.413. The Morgan fingerprint density at radius 3 is 2.45 bits per heavy atom. The van der Waals surface area contributed by atoms with Crippen molar-refractivity contribution in [2.75, 3.05) is 12.4 Å². The third-order valence-corrected chi connectivity index (χ3v) is 5.80. The van der Waals surface area contributed by atoms with Crippen molar-refractivity contribution in [3.63, 3.8) is 0 Å². The monoisotopic (exact) mass is 433 g/mol. The molecule has 0 unspecified atom stereocenters. The van der Waals surface area contributed by atoms with Gasteiger partial charge in [-0.2, -0.15) is 0 Å². The quantitative estimate of drug-likeness (QED) is 0.333. The highest BCUT2D eigenvalue weighted by Gasteiger charge is 2.24. The molecule has 0 fully saturated rings. The van der Waals surface area contributed by atoms with Crippen LogP contribution in [-0.4, -0.2) is 16.5 Å². The first-order valence-corrected chi connectivity index (χ1v) is 10.4. The molecule has 31 heavy (non-hydrogen) atoms. The van der Waals surface area contributed by atoms with Crippen LogP contribution < -0.4 is 10.1 Å². The van der Waals surface area contributed by atoms with Gasteiger partial charge in [0.2, 0.25) is 0 Å². The lowest BCUT2D eigenvalue weighted by Crippen LogP contribution is -2.00. The maximum atomic E-state index is 14.9. The first-order chi connectivity index (χ1) is 15.2. The smallest absolute Gasteiger partial charge is 0.196 e. The van der Waals surface area contributed by atoms with Crippen LogP contribution >= 0.6 is 11.3 Å². The maximum Gasteiger partial charge on any atom is 0.196 e. The standard InChI is InChI=1S/C24H17F2N3OS/c1-30-20-9-5-8-18(26)21(20)22-23(27-17-12-10-16(25)11-13-17)29-19(14-31-24(29)28-22)15-6-3-2-4-7-15/h2-14,27H,1H3. The van der Waals surface area contributed by atoms with Gasteiger partial charge in [0.15, 0.2) is 4.96 Å². The summed E-state index contributed by atoms with van der Waals surface area (Å²) in [6.07, 6.45) is 0. The number of rotatable bonds is 5. The number of imidazole rings is 1. The SMILES string of the molecule is COc1cccc(F)c1-c1nc2scc(-c3ccccc3)n2c1Nc1ccc(F)cc1. The molecule has 0 spiro atoms. The fourth-order valence-corrected chi connectivity index (χ4v) is 4.43. The summed E-state index contributed by atoms with van der Waals surface area (Å²) in [5.74, 6) is 0.188. The van der Waals surface area contributed by atoms with E-state index in [9.17, 15) is 8.78 Å². The molecule has 5 rings (SSSR count). The highest BCUT2D eigenvalue weighted by atomic mass is 32.1. The summed E-state index contributed by atoms with van der Waals surface area (Å²) < 4.78 is 35.8. The van der Waals surface area contributed by atoms with E-state index in [1.54, 1.807) is 24.3 Å². The molecule has 0 saturated heterocycles. The molecule has 0 aliphatic rings. The van der Waals surface area contributed by atoms with E-state index >= 15 is 0 Å². The molecule has 7 heteroatoms. The van der Waals surface area contributed by atoms with Gasteiger partial charge in [0.1, 0.15) is 28.9 Å². The molecule has 0 atom stereocenters. The molecule has 0 bridgehead atoms. The van der Waals surface area contributed by atoms with Crippen LogP contribution in [-0.2, 0) is 0 Å². The second-order valence-electron chi connectivity index (χ2n) is 6.86. The minimum absolute atomic E-state index is 0.268. The van der Waals surface area contributed by atoms with Crippen LogP contribution in [0.2, 0.25) is 0 Å². The zero-order valence-electron chi connectivity index (χ0n) is 16.5. The predicted molar refractivity (Wildman–Crippen MR) is 120 cm³/mol. The molecule has 3 aromatic carbocycles. The number of ether oxygens (including phenoxy) is 1. The number of hydrogen-bond acceptors (Lipinski definition) is 4. The molecule has 154 valence electrons. The molecule has 2 heterocycles. The van der Waals surface area contributed by atoms with Crippen molar-refractivity contribution < 1.29 is 13.5 Å². The van der Waals surface area contributed by atoms with Gasteiger partial charge in [-0.25, -0.2) is 13.8 Å². The third kappa shape index (κ3) is 3.43. The van der Waals surface area contributed by atoms with Gasteiger partial charge >= 0.3 is 0 Å². The van der Waals surface area contributed by atoms with Crippen molar-refractivity contribution in [1.82, 2.24) is 9.38 Å². The molecular weight excluding hydrogens is 416 g/mol. The number of fused-ring (bicyclic) bond motifs is 1. The van der Waals surface area contributed by atoms with E-state index < -0.39 is 5.82 Å². The zero-order chi connectivity index (χ0) is 21.4. The summed E-state index contributed by atoms with van der Waals surface area (Å²) in [5, 5.41) is 5.32. The van der Waals surface area contributed by atoms with Crippen LogP contribution in [0.5, 0.6) is 5.75 Å². The van der Waals surface area contributed by atoms with E-state index in [1.807, 2.05) is 40.1 Å². The molecule has 0 radical (unpaired) electrons. The number of nitrogens with zero attached hydrogens (tertiary/aromatic N) is 2. The summed E-state index contributed by atoms with van der Waals surface area (Å²) in [5.41, 5.74) is 3.26. The fraction of sp³-hybridized carbons (Fsp3) is 0.0417. The molecule has 0 aliphatic heterocycles. The average molecular weight is 433 g/mol. The summed E-state index contributed by atoms with van der Waals surface area (Å²) >= 11 is 1.46. The van der Waals surface area contributed by atoms with Gasteiger partial charge in [-0.05, 0) is 42.0 Å². The second-order valence-corrected chi connectivity index (χ2v) is 7.70. The fourth-order valence-electron chi connectivity index (χ4n) is 3.53. The molecule has 0 amide bonds. The minimum Gasteiger partial charge on any atom is -0.496 e. The lowest BCUT2D eigenvalue weighted by atomic mass is 10.1. The van der Waals surface area contributed by atoms with Crippen molar-refractivity contribution in [1.29, 1.82) is 0 Å². The number of aromatic nitrogens is 2. The van der Waals surface area contributed by atoms with Crippen molar-refractivity contribution in [2.24, 2.45) is 0 Å². The number of nitrogens with one attached hydrogen (secondary N) is 1. The Labute approximate surface area is 181 Å². The van der Waals surface area contributed by atoms with Gasteiger partial charge in [-0.15, -0.1) is 11.3 Å². The molecule has 1 N–H and O–H groups in total. The van der Waals surface area contributed by atoms with Crippen LogP contribution in [0.1, 0.15) is 0 Å². The number of thiazole rings is 1. The second kappa shape index (κ2) is 7.85. The number of halogens is 2. The Bertz CT molecular complexity index is 1360. The number of hydrogen-bond donors (Lipinski definition) is 1. The van der Waals surface area contributed by atoms with Gasteiger partial charge in [0, 0.05) is 11.1 Å². The normalized spacial score (nSPS) is 11.1. The highest BCUT2D eigenvalue weighted by Crippen LogP contribution is 2.41. The van der Waals surface area contributed by atoms with Crippen molar-refractivity contribution in [3.05, 3.63) is 89.8 Å². The summed E-state index contributed by atoms with van der Waals surface area (Å²) in [6.45, 7) is 0. The van der Waals surface area contributed by atoms with Gasteiger partial charge in [-0.1, -0.05) is 36.4 Å². The molecule has 4 nitrogen and oxygen atoms in total. The van der Waals surface area contributed by atoms with Gasteiger partial charge in [0.25, 0.3) is 0 Å². The molecular formula is C24H17F2N3OS. The molecule has 0 saturated carbocycles. The van der Waals surface area contributed by atoms with Gasteiger partial charge in [-0.3, -0.25) is 4.40 Å². The molecule has 0 aliphatic carbocycles. The summed E-state index contributed by atoms with van der Waals surface area (Å²) in [6, 6.07) is 20.6. The maximum absolute atomic E-state index is 14.9. The van der Waals surface area contributed by atoms with Crippen molar-refractivity contribution >= 4 is 27.8 Å². The van der Waals surface area contributed by atoms with E-state index in [2.05, 4.69) is 5.32 Å². The number of methoxy groups -OCH3 is 1. The van der Waals surface area contributed by atoms with E-state index in [-0.39, 0.29) is 11.4 Å². The van der Waals surface area contributed by atoms with Crippen LogP contribution in [0.15, 0.2) is 78.2 Å². The zero-order valence-corrected chi connectivity index (χ0v) is 17.3. The minimum atomic E-state index is -0.437. The average Bonchev–Trinajstić information content (AvgIpc) is 3.36. The largest absolute Gasteiger partial charge is 0.496 e. The van der Waals surface area contributed by atoms with Gasteiger partial charge < -0.3 is 10.1 Å². The Balaban J connectivity index is 1.78. The topological polar surface area (TPSA) is 38.6 Å². The van der Waals surface area contributed by atoms with Crippen molar-refractivity contribution in [2.45, 2.75) is 0 Å². The Hall–Kier alpha value is -3.71. The van der Waals surface area contributed by atoms with Crippen molar-refractivity contribution in [3.8, 4) is 28.3 Å². The molecule has 5 aromatic rings. The number of anilines is 2. The van der Waals surface area contributed by atoms with E-state index in [0.29, 0.717) is 27.9 Å². The third-order valence-electron chi connectivity index (χ3n) is 4.97. The van der Waals surface area contributed by atoms with E-state index in [0.717, 1.165) is 11.3 Å². The first kappa shape index (κ1) is 19.3. The number of benzene rings is 3. The van der Waals surface area contributed by atoms with Crippen LogP contribution in [0.3, 0.4) is 0 Å². The molecule has 2 aromatic heterocycles. The van der Waals surface area contributed by atoms with Crippen LogP contribution in [0.4, 0.5) is 20.3 Å². The van der Waals surface area contributed by atoms with Crippen LogP contribution in [0.25, 0.3) is 27.5 Å². The highest BCUT2D eigenvalue weighted by molar-refractivity contribution is 7.15. The Kier molecular flexibility index (Phi) is 4.88. The summed E-state index contributed by atoms with van der Waals surface area (Å²) in [7, 11) is 1.50. The Morgan fingerprint density at radius 2 is 1.71 bits per heavy atom. The lowest BCUT2D eigenvalue weighted by Gasteiger charge is -2.13. The van der Waals surface area contributed by atoms with E-state index in [1.165, 1.54) is 36.6 Å². The first-order valence-electron chi connectivity index (χ1n) is 9.56. The Morgan fingerprint density at radius 1 is 0.935 bits per heavy atom.